The number of nitrogens with zero attached hydrogens (tertiary/aromatic N) is 1. The van der Waals surface area contributed by atoms with E-state index in [1.807, 2.05) is 32.0 Å². The van der Waals surface area contributed by atoms with Crippen LogP contribution in [0, 0.1) is 18.3 Å². The van der Waals surface area contributed by atoms with Crippen molar-refractivity contribution >= 4 is 21.8 Å². The van der Waals surface area contributed by atoms with E-state index in [2.05, 4.69) is 21.2 Å². The number of aryl methyl sites for hydroxylation is 1. The van der Waals surface area contributed by atoms with Gasteiger partial charge in [-0.15, -0.1) is 0 Å². The topological polar surface area (TPSA) is 52.9 Å². The van der Waals surface area contributed by atoms with E-state index in [4.69, 9.17) is 5.26 Å². The summed E-state index contributed by atoms with van der Waals surface area (Å²) in [6, 6.07) is 7.13. The molecule has 1 amide bonds. The molecule has 0 aliphatic carbocycles. The van der Waals surface area contributed by atoms with Gasteiger partial charge in [-0.1, -0.05) is 28.9 Å². The van der Waals surface area contributed by atoms with Crippen molar-refractivity contribution in [3.8, 4) is 6.07 Å². The number of benzene rings is 1. The molecule has 0 saturated carbocycles. The molecule has 0 fully saturated rings. The van der Waals surface area contributed by atoms with Crippen LogP contribution in [0.4, 0.5) is 0 Å². The van der Waals surface area contributed by atoms with Gasteiger partial charge in [0.25, 0.3) is 5.91 Å². The molecule has 84 valence electrons. The lowest BCUT2D eigenvalue weighted by atomic mass is 10.1. The lowest BCUT2D eigenvalue weighted by molar-refractivity contribution is 0.0944. The van der Waals surface area contributed by atoms with Crippen LogP contribution in [0.1, 0.15) is 29.3 Å². The number of carbonyl (C=O) groups excluding carboxylic acids is 1. The van der Waals surface area contributed by atoms with Gasteiger partial charge in [0, 0.05) is 10.0 Å². The van der Waals surface area contributed by atoms with Crippen molar-refractivity contribution < 1.29 is 4.79 Å². The van der Waals surface area contributed by atoms with Crippen molar-refractivity contribution in [2.24, 2.45) is 0 Å². The molecular weight excluding hydrogens is 268 g/mol. The molecule has 3 nitrogen and oxygen atoms in total. The second-order valence-electron chi connectivity index (χ2n) is 3.52. The lowest BCUT2D eigenvalue weighted by Gasteiger charge is -2.11. The van der Waals surface area contributed by atoms with Gasteiger partial charge in [-0.3, -0.25) is 4.79 Å². The third-order valence-electron chi connectivity index (χ3n) is 2.31. The van der Waals surface area contributed by atoms with Gasteiger partial charge in [-0.25, -0.2) is 0 Å². The number of halogens is 1. The van der Waals surface area contributed by atoms with Gasteiger partial charge in [-0.2, -0.15) is 5.26 Å². The maximum absolute atomic E-state index is 11.9. The summed E-state index contributed by atoms with van der Waals surface area (Å²) in [4.78, 5) is 11.9. The van der Waals surface area contributed by atoms with Gasteiger partial charge in [0.05, 0.1) is 6.07 Å². The fourth-order valence-corrected chi connectivity index (χ4v) is 1.66. The number of nitriles is 1. The minimum absolute atomic E-state index is 0.202. The van der Waals surface area contributed by atoms with E-state index in [0.717, 1.165) is 10.0 Å². The van der Waals surface area contributed by atoms with E-state index in [1.165, 1.54) is 0 Å². The van der Waals surface area contributed by atoms with Gasteiger partial charge >= 0.3 is 0 Å². The van der Waals surface area contributed by atoms with Crippen molar-refractivity contribution in [1.82, 2.24) is 5.32 Å². The van der Waals surface area contributed by atoms with Crippen LogP contribution in [0.25, 0.3) is 0 Å². The maximum Gasteiger partial charge on any atom is 0.252 e. The zero-order chi connectivity index (χ0) is 12.1. The van der Waals surface area contributed by atoms with Crippen LogP contribution >= 0.6 is 15.9 Å². The summed E-state index contributed by atoms with van der Waals surface area (Å²) < 4.78 is 0.855. The number of rotatable bonds is 3. The second kappa shape index (κ2) is 5.66. The standard InChI is InChI=1S/C12H13BrN2O/c1-3-10(7-14)15-12(16)11-6-9(13)5-4-8(11)2/h4-6,10H,3H2,1-2H3,(H,15,16). The number of hydrogen-bond acceptors (Lipinski definition) is 2. The number of nitrogens with one attached hydrogen (secondary N) is 1. The quantitative estimate of drug-likeness (QED) is 0.926. The zero-order valence-electron chi connectivity index (χ0n) is 9.25. The van der Waals surface area contributed by atoms with Crippen molar-refractivity contribution in [2.75, 3.05) is 0 Å². The van der Waals surface area contributed by atoms with Crippen molar-refractivity contribution in [3.63, 3.8) is 0 Å². The average molecular weight is 281 g/mol. The summed E-state index contributed by atoms with van der Waals surface area (Å²) in [6.45, 7) is 3.73. The molecule has 0 heterocycles. The van der Waals surface area contributed by atoms with Crippen LogP contribution in [0.2, 0.25) is 0 Å². The van der Waals surface area contributed by atoms with Crippen LogP contribution in [-0.4, -0.2) is 11.9 Å². The minimum Gasteiger partial charge on any atom is -0.336 e. The highest BCUT2D eigenvalue weighted by Crippen LogP contribution is 2.16. The molecule has 1 unspecified atom stereocenters. The summed E-state index contributed by atoms with van der Waals surface area (Å²) in [6.07, 6.45) is 0.606. The number of hydrogen-bond donors (Lipinski definition) is 1. The van der Waals surface area contributed by atoms with Crippen molar-refractivity contribution in [2.45, 2.75) is 26.3 Å². The molecule has 1 N–H and O–H groups in total. The van der Waals surface area contributed by atoms with Crippen molar-refractivity contribution in [1.29, 1.82) is 5.26 Å². The first-order chi connectivity index (χ1) is 7.58. The van der Waals surface area contributed by atoms with Gasteiger partial charge in [0.2, 0.25) is 0 Å². The fraction of sp³-hybridized carbons (Fsp3) is 0.333. The molecule has 4 heteroatoms. The molecule has 0 spiro atoms. The van der Waals surface area contributed by atoms with Crippen molar-refractivity contribution in [3.05, 3.63) is 33.8 Å². The lowest BCUT2D eigenvalue weighted by Crippen LogP contribution is -2.33. The summed E-state index contributed by atoms with van der Waals surface area (Å²) in [7, 11) is 0. The van der Waals surface area contributed by atoms with Gasteiger partial charge in [0.1, 0.15) is 6.04 Å². The van der Waals surface area contributed by atoms with E-state index < -0.39 is 6.04 Å². The maximum atomic E-state index is 11.9. The van der Waals surface area contributed by atoms with Crippen LogP contribution in [-0.2, 0) is 0 Å². The largest absolute Gasteiger partial charge is 0.336 e. The number of amides is 1. The summed E-state index contributed by atoms with van der Waals surface area (Å²) in [5.41, 5.74) is 1.50. The molecule has 1 aromatic rings. The van der Waals surface area contributed by atoms with Gasteiger partial charge in [0.15, 0.2) is 0 Å². The SMILES string of the molecule is CCC(C#N)NC(=O)c1cc(Br)ccc1C. The van der Waals surface area contributed by atoms with Gasteiger partial charge < -0.3 is 5.32 Å². The predicted molar refractivity (Wildman–Crippen MR) is 66.0 cm³/mol. The molecule has 1 atom stereocenters. The highest BCUT2D eigenvalue weighted by atomic mass is 79.9. The smallest absolute Gasteiger partial charge is 0.252 e. The summed E-state index contributed by atoms with van der Waals surface area (Å²) >= 11 is 3.32. The molecule has 1 aromatic carbocycles. The van der Waals surface area contributed by atoms with Gasteiger partial charge in [-0.05, 0) is 31.0 Å². The molecule has 0 radical (unpaired) electrons. The normalized spacial score (nSPS) is 11.6. The Morgan fingerprint density at radius 3 is 2.88 bits per heavy atom. The van der Waals surface area contributed by atoms with E-state index >= 15 is 0 Å². The first kappa shape index (κ1) is 12.7. The Kier molecular flexibility index (Phi) is 4.51. The van der Waals surface area contributed by atoms with Crippen LogP contribution < -0.4 is 5.32 Å². The third kappa shape index (κ3) is 3.07. The first-order valence-electron chi connectivity index (χ1n) is 5.05. The molecule has 0 saturated heterocycles. The first-order valence-corrected chi connectivity index (χ1v) is 5.84. The van der Waals surface area contributed by atoms with E-state index in [1.54, 1.807) is 6.07 Å². The third-order valence-corrected chi connectivity index (χ3v) is 2.81. The van der Waals surface area contributed by atoms with Crippen LogP contribution in [0.3, 0.4) is 0 Å². The highest BCUT2D eigenvalue weighted by molar-refractivity contribution is 9.10. The predicted octanol–water partition coefficient (Wildman–Crippen LogP) is 2.79. The Morgan fingerprint density at radius 1 is 1.62 bits per heavy atom. The molecule has 0 aliphatic rings. The Bertz CT molecular complexity index is 437. The van der Waals surface area contributed by atoms with Crippen LogP contribution in [0.5, 0.6) is 0 Å². The number of carbonyl (C=O) groups is 1. The Morgan fingerprint density at radius 2 is 2.31 bits per heavy atom. The Balaban J connectivity index is 2.89. The minimum atomic E-state index is -0.425. The average Bonchev–Trinajstić information content (AvgIpc) is 2.28. The summed E-state index contributed by atoms with van der Waals surface area (Å²) in [5.74, 6) is -0.202. The van der Waals surface area contributed by atoms with E-state index in [9.17, 15) is 4.79 Å². The Hall–Kier alpha value is -1.34. The molecule has 0 bridgehead atoms. The summed E-state index contributed by atoms with van der Waals surface area (Å²) in [5, 5.41) is 11.5. The van der Waals surface area contributed by atoms with E-state index in [0.29, 0.717) is 12.0 Å². The monoisotopic (exact) mass is 280 g/mol. The molecule has 1 rings (SSSR count). The van der Waals surface area contributed by atoms with Crippen LogP contribution in [0.15, 0.2) is 22.7 Å². The zero-order valence-corrected chi connectivity index (χ0v) is 10.8. The van der Waals surface area contributed by atoms with E-state index in [-0.39, 0.29) is 5.91 Å². The highest BCUT2D eigenvalue weighted by Gasteiger charge is 2.13. The molecule has 0 aromatic heterocycles. The molecule has 0 aliphatic heterocycles. The Labute approximate surface area is 104 Å². The second-order valence-corrected chi connectivity index (χ2v) is 4.44. The molecular formula is C12H13BrN2O. The fourth-order valence-electron chi connectivity index (χ4n) is 1.30. The molecule has 16 heavy (non-hydrogen) atoms.